The van der Waals surface area contributed by atoms with E-state index < -0.39 is 6.04 Å². The average Bonchev–Trinajstić information content (AvgIpc) is 3.36. The van der Waals surface area contributed by atoms with Crippen LogP contribution in [-0.2, 0) is 7.05 Å². The van der Waals surface area contributed by atoms with E-state index in [1.54, 1.807) is 50.0 Å². The van der Waals surface area contributed by atoms with E-state index in [0.29, 0.717) is 39.8 Å². The second-order valence-electron chi connectivity index (χ2n) is 6.31. The van der Waals surface area contributed by atoms with Crippen molar-refractivity contribution in [3.63, 3.8) is 0 Å². The maximum atomic E-state index is 13.0. The van der Waals surface area contributed by atoms with Crippen molar-refractivity contribution < 1.29 is 13.7 Å². The zero-order chi connectivity index (χ0) is 19.1. The van der Waals surface area contributed by atoms with Crippen molar-refractivity contribution >= 4 is 16.9 Å². The van der Waals surface area contributed by atoms with E-state index in [2.05, 4.69) is 25.5 Å². The van der Waals surface area contributed by atoms with Crippen LogP contribution < -0.4 is 5.32 Å². The molecule has 9 nitrogen and oxygen atoms in total. The number of nitrogens with one attached hydrogen (secondary N) is 1. The lowest BCUT2D eigenvalue weighted by molar-refractivity contribution is 0.0934. The fourth-order valence-corrected chi connectivity index (χ4v) is 3.00. The van der Waals surface area contributed by atoms with Gasteiger partial charge in [0.1, 0.15) is 11.7 Å². The molecule has 0 saturated heterocycles. The molecule has 1 atom stereocenters. The Morgan fingerprint density at radius 3 is 2.78 bits per heavy atom. The van der Waals surface area contributed by atoms with E-state index in [9.17, 15) is 4.79 Å². The molecule has 138 valence electrons. The quantitative estimate of drug-likeness (QED) is 0.591. The fourth-order valence-electron chi connectivity index (χ4n) is 3.00. The summed E-state index contributed by atoms with van der Waals surface area (Å²) in [6.07, 6.45) is 1.56. The Morgan fingerprint density at radius 1 is 1.30 bits per heavy atom. The number of rotatable bonds is 4. The maximum absolute atomic E-state index is 13.0. The van der Waals surface area contributed by atoms with Gasteiger partial charge in [-0.05, 0) is 39.0 Å². The molecule has 4 aromatic rings. The van der Waals surface area contributed by atoms with E-state index in [-0.39, 0.29) is 5.91 Å². The molecule has 9 heteroatoms. The number of pyridine rings is 1. The van der Waals surface area contributed by atoms with Gasteiger partial charge >= 0.3 is 0 Å². The van der Waals surface area contributed by atoms with Crippen LogP contribution >= 0.6 is 0 Å². The van der Waals surface area contributed by atoms with Gasteiger partial charge in [0.15, 0.2) is 17.2 Å². The Morgan fingerprint density at radius 2 is 2.11 bits per heavy atom. The molecule has 0 radical (unpaired) electrons. The van der Waals surface area contributed by atoms with Crippen molar-refractivity contribution in [3.8, 4) is 11.5 Å². The molecule has 0 saturated carbocycles. The number of aromatic nitrogens is 5. The lowest BCUT2D eigenvalue weighted by Gasteiger charge is -2.11. The van der Waals surface area contributed by atoms with Gasteiger partial charge in [-0.2, -0.15) is 10.1 Å². The number of furan rings is 1. The monoisotopic (exact) mass is 366 g/mol. The Kier molecular flexibility index (Phi) is 3.98. The molecule has 0 fully saturated rings. The zero-order valence-electron chi connectivity index (χ0n) is 15.3. The Bertz CT molecular complexity index is 1130. The molecular weight excluding hydrogens is 348 g/mol. The summed E-state index contributed by atoms with van der Waals surface area (Å²) in [6.45, 7) is 5.35. The van der Waals surface area contributed by atoms with Crippen molar-refractivity contribution in [2.45, 2.75) is 26.8 Å². The van der Waals surface area contributed by atoms with Crippen LogP contribution in [0.4, 0.5) is 0 Å². The molecule has 27 heavy (non-hydrogen) atoms. The van der Waals surface area contributed by atoms with Crippen molar-refractivity contribution in [1.82, 2.24) is 30.2 Å². The van der Waals surface area contributed by atoms with Gasteiger partial charge in [0.25, 0.3) is 5.91 Å². The minimum absolute atomic E-state index is 0.283. The third-order valence-corrected chi connectivity index (χ3v) is 4.25. The molecule has 1 N–H and O–H groups in total. The van der Waals surface area contributed by atoms with Crippen LogP contribution in [0.15, 0.2) is 33.4 Å². The van der Waals surface area contributed by atoms with E-state index in [0.717, 1.165) is 5.69 Å². The topological polar surface area (TPSA) is 112 Å². The van der Waals surface area contributed by atoms with Crippen LogP contribution in [0.25, 0.3) is 22.5 Å². The molecule has 0 aliphatic carbocycles. The number of fused-ring (bicyclic) bond motifs is 1. The first-order valence-corrected chi connectivity index (χ1v) is 8.43. The van der Waals surface area contributed by atoms with Gasteiger partial charge in [0, 0.05) is 7.05 Å². The van der Waals surface area contributed by atoms with Gasteiger partial charge in [0.05, 0.1) is 22.9 Å². The first kappa shape index (κ1) is 17.0. The number of hydrogen-bond acceptors (Lipinski definition) is 7. The molecule has 0 aliphatic rings. The van der Waals surface area contributed by atoms with Crippen LogP contribution in [0.5, 0.6) is 0 Å². The van der Waals surface area contributed by atoms with E-state index >= 15 is 0 Å². The average molecular weight is 366 g/mol. The zero-order valence-corrected chi connectivity index (χ0v) is 15.3. The smallest absolute Gasteiger partial charge is 0.252 e. The lowest BCUT2D eigenvalue weighted by atomic mass is 10.1. The predicted octanol–water partition coefficient (Wildman–Crippen LogP) is 2.72. The highest BCUT2D eigenvalue weighted by Gasteiger charge is 2.23. The molecule has 1 unspecified atom stereocenters. The molecule has 4 rings (SSSR count). The van der Waals surface area contributed by atoms with Crippen LogP contribution in [0.3, 0.4) is 0 Å². The first-order valence-electron chi connectivity index (χ1n) is 8.43. The Labute approximate surface area is 154 Å². The number of carbonyl (C=O) groups excluding carboxylic acids is 1. The van der Waals surface area contributed by atoms with E-state index in [1.165, 1.54) is 0 Å². The minimum atomic E-state index is -0.439. The molecule has 4 aromatic heterocycles. The van der Waals surface area contributed by atoms with Crippen LogP contribution in [0, 0.1) is 13.8 Å². The highest BCUT2D eigenvalue weighted by atomic mass is 16.5. The SMILES string of the molecule is Cc1noc(C(C)NC(=O)c2cc(-c3ccco3)nc3c2c(C)nn3C)n1. The molecule has 0 aromatic carbocycles. The van der Waals surface area contributed by atoms with Crippen molar-refractivity contribution in [2.75, 3.05) is 0 Å². The molecule has 0 spiro atoms. The summed E-state index contributed by atoms with van der Waals surface area (Å²) in [5.41, 5.74) is 2.34. The van der Waals surface area contributed by atoms with Gasteiger partial charge < -0.3 is 14.3 Å². The number of amides is 1. The van der Waals surface area contributed by atoms with Crippen LogP contribution in [-0.4, -0.2) is 30.8 Å². The number of carbonyl (C=O) groups is 1. The summed E-state index contributed by atoms with van der Waals surface area (Å²) in [4.78, 5) is 21.8. The maximum Gasteiger partial charge on any atom is 0.252 e. The molecule has 0 bridgehead atoms. The van der Waals surface area contributed by atoms with Crippen LogP contribution in [0.1, 0.15) is 40.7 Å². The standard InChI is InChI=1S/C18H18N6O3/c1-9-15-12(17(25)19-10(2)18-20-11(3)23-27-18)8-13(14-6-5-7-26-14)21-16(15)24(4)22-9/h5-8,10H,1-4H3,(H,19,25). The number of nitrogens with zero attached hydrogens (tertiary/aromatic N) is 5. The Balaban J connectivity index is 1.78. The lowest BCUT2D eigenvalue weighted by Crippen LogP contribution is -2.27. The minimum Gasteiger partial charge on any atom is -0.463 e. The number of hydrogen-bond donors (Lipinski definition) is 1. The van der Waals surface area contributed by atoms with Crippen LogP contribution in [0.2, 0.25) is 0 Å². The van der Waals surface area contributed by atoms with E-state index in [1.807, 2.05) is 6.92 Å². The van der Waals surface area contributed by atoms with Gasteiger partial charge in [0.2, 0.25) is 5.89 Å². The Hall–Kier alpha value is -3.49. The second-order valence-corrected chi connectivity index (χ2v) is 6.31. The van der Waals surface area contributed by atoms with E-state index in [4.69, 9.17) is 8.94 Å². The summed E-state index contributed by atoms with van der Waals surface area (Å²) in [5, 5.41) is 11.7. The second kappa shape index (κ2) is 6.35. The highest BCUT2D eigenvalue weighted by Crippen LogP contribution is 2.27. The van der Waals surface area contributed by atoms with Crippen molar-refractivity contribution in [2.24, 2.45) is 7.05 Å². The van der Waals surface area contributed by atoms with Gasteiger partial charge in [-0.25, -0.2) is 4.98 Å². The highest BCUT2D eigenvalue weighted by molar-refractivity contribution is 6.07. The molecule has 1 amide bonds. The third kappa shape index (κ3) is 2.97. The van der Waals surface area contributed by atoms with Gasteiger partial charge in [-0.3, -0.25) is 9.48 Å². The predicted molar refractivity (Wildman–Crippen MR) is 95.9 cm³/mol. The molecular formula is C18H18N6O3. The van der Waals surface area contributed by atoms with Gasteiger partial charge in [-0.1, -0.05) is 5.16 Å². The summed E-state index contributed by atoms with van der Waals surface area (Å²) < 4.78 is 12.2. The summed E-state index contributed by atoms with van der Waals surface area (Å²) in [7, 11) is 1.79. The summed E-state index contributed by atoms with van der Waals surface area (Å²) in [6, 6.07) is 4.83. The number of aryl methyl sites for hydroxylation is 3. The van der Waals surface area contributed by atoms with Crippen molar-refractivity contribution in [3.05, 3.63) is 47.4 Å². The van der Waals surface area contributed by atoms with Crippen molar-refractivity contribution in [1.29, 1.82) is 0 Å². The van der Waals surface area contributed by atoms with Gasteiger partial charge in [-0.15, -0.1) is 0 Å². The normalized spacial score (nSPS) is 12.4. The third-order valence-electron chi connectivity index (χ3n) is 4.25. The molecule has 4 heterocycles. The summed E-state index contributed by atoms with van der Waals surface area (Å²) in [5.74, 6) is 1.15. The fraction of sp³-hybridized carbons (Fsp3) is 0.278. The summed E-state index contributed by atoms with van der Waals surface area (Å²) >= 11 is 0. The molecule has 0 aliphatic heterocycles. The largest absolute Gasteiger partial charge is 0.463 e. The first-order chi connectivity index (χ1) is 12.9.